The summed E-state index contributed by atoms with van der Waals surface area (Å²) in [4.78, 5) is 11.1. The molecule has 2 heteroatoms. The Hall–Kier alpha value is -1.57. The molecule has 1 aromatic carbocycles. The van der Waals surface area contributed by atoms with Gasteiger partial charge >= 0.3 is 0 Å². The molecule has 0 aliphatic rings. The zero-order valence-electron chi connectivity index (χ0n) is 7.53. The Morgan fingerprint density at radius 3 is 2.92 bits per heavy atom. The van der Waals surface area contributed by atoms with Crippen LogP contribution in [0.4, 0.5) is 0 Å². The summed E-state index contributed by atoms with van der Waals surface area (Å²) in [6.07, 6.45) is 4.61. The van der Waals surface area contributed by atoms with Crippen molar-refractivity contribution in [3.63, 3.8) is 0 Å². The molecule has 13 heavy (non-hydrogen) atoms. The molecule has 1 aromatic rings. The molecule has 1 rings (SSSR count). The van der Waals surface area contributed by atoms with Crippen molar-refractivity contribution in [1.82, 2.24) is 0 Å². The van der Waals surface area contributed by atoms with E-state index in [0.29, 0.717) is 0 Å². The van der Waals surface area contributed by atoms with Crippen LogP contribution in [0.5, 0.6) is 5.75 Å². The minimum Gasteiger partial charge on any atom is -0.504 e. The molecule has 0 heterocycles. The predicted molar refractivity (Wildman–Crippen MR) is 52.9 cm³/mol. The normalized spacial score (nSPS) is 10.5. The third-order valence-corrected chi connectivity index (χ3v) is 1.72. The van der Waals surface area contributed by atoms with Gasteiger partial charge in [-0.3, -0.25) is 4.79 Å². The second-order valence-corrected chi connectivity index (χ2v) is 2.77. The largest absolute Gasteiger partial charge is 0.504 e. The van der Waals surface area contributed by atoms with Crippen molar-refractivity contribution in [2.75, 3.05) is 0 Å². The molecule has 0 radical (unpaired) electrons. The van der Waals surface area contributed by atoms with Crippen LogP contribution in [-0.4, -0.2) is 5.11 Å². The fourth-order valence-corrected chi connectivity index (χ4v) is 1.02. The van der Waals surface area contributed by atoms with Gasteiger partial charge in [0, 0.05) is 0 Å². The van der Waals surface area contributed by atoms with Crippen LogP contribution in [0.2, 0.25) is 0 Å². The molecule has 0 bridgehead atoms. The molecule has 1 N–H and O–H groups in total. The summed E-state index contributed by atoms with van der Waals surface area (Å²) in [6, 6.07) is 6.35. The molecule has 0 unspecified atom stereocenters. The monoisotopic (exact) mass is 176 g/mol. The highest BCUT2D eigenvalue weighted by atomic mass is 16.3. The van der Waals surface area contributed by atoms with Gasteiger partial charge < -0.3 is 5.11 Å². The van der Waals surface area contributed by atoms with Gasteiger partial charge in [-0.1, -0.05) is 24.3 Å². The number of hydrogen-bond donors (Lipinski definition) is 1. The Labute approximate surface area is 77.2 Å². The fourth-order valence-electron chi connectivity index (χ4n) is 1.02. The third kappa shape index (κ3) is 2.75. The van der Waals surface area contributed by atoms with Crippen LogP contribution in [-0.2, 0) is 6.42 Å². The lowest BCUT2D eigenvalue weighted by molar-refractivity contribution is 0.471. The molecule has 0 aliphatic heterocycles. The molecule has 0 aromatic heterocycles. The highest BCUT2D eigenvalue weighted by molar-refractivity contribution is 5.24. The van der Waals surface area contributed by atoms with Crippen LogP contribution in [0.1, 0.15) is 12.5 Å². The molecule has 0 saturated heterocycles. The molecule has 2 nitrogen and oxygen atoms in total. The predicted octanol–water partition coefficient (Wildman–Crippen LogP) is 1.87. The second-order valence-electron chi connectivity index (χ2n) is 2.77. The van der Waals surface area contributed by atoms with E-state index in [4.69, 9.17) is 5.11 Å². The Bertz CT molecular complexity index is 367. The van der Waals surface area contributed by atoms with E-state index in [1.807, 2.05) is 25.1 Å². The van der Waals surface area contributed by atoms with Crippen molar-refractivity contribution in [3.05, 3.63) is 52.2 Å². The van der Waals surface area contributed by atoms with Gasteiger partial charge in [0.1, 0.15) is 0 Å². The van der Waals surface area contributed by atoms with Crippen molar-refractivity contribution < 1.29 is 5.11 Å². The standard InChI is InChI=1S/C11H12O2/c1-2-3-5-9-6-4-7-10(12)11(13)8-9/h2-4,6-8H,5H2,1H3,(H,12,13)/b3-2+. The lowest BCUT2D eigenvalue weighted by atomic mass is 10.2. The average Bonchev–Trinajstić information content (AvgIpc) is 2.26. The molecule has 0 atom stereocenters. The summed E-state index contributed by atoms with van der Waals surface area (Å²) in [7, 11) is 0. The summed E-state index contributed by atoms with van der Waals surface area (Å²) in [6.45, 7) is 1.93. The summed E-state index contributed by atoms with van der Waals surface area (Å²) in [5.41, 5.74) is 0.577. The van der Waals surface area contributed by atoms with Gasteiger partial charge in [-0.2, -0.15) is 0 Å². The minimum absolute atomic E-state index is 0.202. The maximum Gasteiger partial charge on any atom is 0.220 e. The maximum absolute atomic E-state index is 11.1. The van der Waals surface area contributed by atoms with Gasteiger partial charge in [0.05, 0.1) is 0 Å². The zero-order valence-corrected chi connectivity index (χ0v) is 7.53. The van der Waals surface area contributed by atoms with E-state index >= 15 is 0 Å². The molecular formula is C11H12O2. The first kappa shape index (κ1) is 9.52. The second kappa shape index (κ2) is 4.45. The molecular weight excluding hydrogens is 164 g/mol. The molecule has 0 fully saturated rings. The van der Waals surface area contributed by atoms with Gasteiger partial charge in [-0.15, -0.1) is 0 Å². The van der Waals surface area contributed by atoms with Crippen molar-refractivity contribution >= 4 is 0 Å². The Kier molecular flexibility index (Phi) is 3.26. The van der Waals surface area contributed by atoms with E-state index in [9.17, 15) is 4.79 Å². The van der Waals surface area contributed by atoms with E-state index in [-0.39, 0.29) is 11.2 Å². The first-order valence-electron chi connectivity index (χ1n) is 4.17. The fraction of sp³-hybridized carbons (Fsp3) is 0.182. The average molecular weight is 176 g/mol. The molecule has 0 amide bonds. The highest BCUT2D eigenvalue weighted by Crippen LogP contribution is 2.01. The SMILES string of the molecule is C/C=C/Cc1cccc(O)c(=O)c1. The highest BCUT2D eigenvalue weighted by Gasteiger charge is 1.93. The number of allylic oxidation sites excluding steroid dienone is 2. The van der Waals surface area contributed by atoms with Crippen LogP contribution in [0.3, 0.4) is 0 Å². The summed E-state index contributed by atoms with van der Waals surface area (Å²) < 4.78 is 0. The van der Waals surface area contributed by atoms with Gasteiger partial charge in [0.15, 0.2) is 5.75 Å². The lowest BCUT2D eigenvalue weighted by Gasteiger charge is -1.87. The topological polar surface area (TPSA) is 37.3 Å². The van der Waals surface area contributed by atoms with Crippen molar-refractivity contribution in [2.24, 2.45) is 0 Å². The van der Waals surface area contributed by atoms with Gasteiger partial charge in [0.25, 0.3) is 0 Å². The number of hydrogen-bond acceptors (Lipinski definition) is 2. The lowest BCUT2D eigenvalue weighted by Crippen LogP contribution is -1.94. The molecule has 0 spiro atoms. The Morgan fingerprint density at radius 2 is 2.23 bits per heavy atom. The van der Waals surface area contributed by atoms with Crippen LogP contribution in [0.25, 0.3) is 0 Å². The van der Waals surface area contributed by atoms with E-state index < -0.39 is 0 Å². The van der Waals surface area contributed by atoms with Crippen molar-refractivity contribution in [1.29, 1.82) is 0 Å². The van der Waals surface area contributed by atoms with E-state index in [2.05, 4.69) is 0 Å². The zero-order chi connectivity index (χ0) is 9.68. The quantitative estimate of drug-likeness (QED) is 0.698. The smallest absolute Gasteiger partial charge is 0.220 e. The van der Waals surface area contributed by atoms with E-state index in [1.54, 1.807) is 6.07 Å². The summed E-state index contributed by atoms with van der Waals surface area (Å²) in [5.74, 6) is -0.202. The van der Waals surface area contributed by atoms with E-state index in [0.717, 1.165) is 12.0 Å². The van der Waals surface area contributed by atoms with Gasteiger partial charge in [-0.05, 0) is 31.0 Å². The first-order valence-corrected chi connectivity index (χ1v) is 4.17. The Morgan fingerprint density at radius 1 is 1.46 bits per heavy atom. The van der Waals surface area contributed by atoms with Crippen LogP contribution in [0.15, 0.2) is 41.2 Å². The summed E-state index contributed by atoms with van der Waals surface area (Å²) in [5, 5.41) is 9.10. The molecule has 0 saturated carbocycles. The first-order chi connectivity index (χ1) is 6.24. The third-order valence-electron chi connectivity index (χ3n) is 1.72. The van der Waals surface area contributed by atoms with Crippen LogP contribution >= 0.6 is 0 Å². The molecule has 68 valence electrons. The van der Waals surface area contributed by atoms with Gasteiger partial charge in [-0.25, -0.2) is 0 Å². The van der Waals surface area contributed by atoms with E-state index in [1.165, 1.54) is 12.1 Å². The molecule has 0 aliphatic carbocycles. The Balaban J connectivity index is 3.06. The van der Waals surface area contributed by atoms with Crippen LogP contribution in [0, 0.1) is 0 Å². The van der Waals surface area contributed by atoms with Crippen LogP contribution < -0.4 is 5.43 Å². The number of rotatable bonds is 2. The maximum atomic E-state index is 11.1. The van der Waals surface area contributed by atoms with Crippen molar-refractivity contribution in [3.8, 4) is 5.75 Å². The summed E-state index contributed by atoms with van der Waals surface area (Å²) >= 11 is 0. The minimum atomic E-state index is -0.329. The van der Waals surface area contributed by atoms with Crippen molar-refractivity contribution in [2.45, 2.75) is 13.3 Å². The van der Waals surface area contributed by atoms with Gasteiger partial charge in [0.2, 0.25) is 5.43 Å². The number of aromatic hydroxyl groups is 1.